The first kappa shape index (κ1) is 32.7. The number of hydrogen-bond donors (Lipinski definition) is 1. The Balaban J connectivity index is 1.81. The molecular formula is C34H35ClFN3O4S. The molecule has 2 amide bonds. The van der Waals surface area contributed by atoms with Gasteiger partial charge in [-0.25, -0.2) is 12.8 Å². The molecule has 0 spiro atoms. The number of carbonyl (C=O) groups is 2. The Morgan fingerprint density at radius 1 is 0.841 bits per heavy atom. The number of aryl methyl sites for hydroxylation is 1. The second-order valence-corrected chi connectivity index (χ2v) is 13.1. The first-order valence-electron chi connectivity index (χ1n) is 14.2. The van der Waals surface area contributed by atoms with Gasteiger partial charge < -0.3 is 10.2 Å². The van der Waals surface area contributed by atoms with Crippen LogP contribution >= 0.6 is 11.6 Å². The molecule has 0 aliphatic rings. The molecule has 0 fully saturated rings. The lowest BCUT2D eigenvalue weighted by Crippen LogP contribution is -2.54. The van der Waals surface area contributed by atoms with Crippen LogP contribution in [0.5, 0.6) is 0 Å². The number of rotatable bonds is 12. The van der Waals surface area contributed by atoms with E-state index in [0.717, 1.165) is 9.87 Å². The number of benzene rings is 4. The van der Waals surface area contributed by atoms with Gasteiger partial charge in [-0.15, -0.1) is 0 Å². The molecule has 0 aliphatic carbocycles. The van der Waals surface area contributed by atoms with Gasteiger partial charge in [0.25, 0.3) is 10.0 Å². The lowest BCUT2D eigenvalue weighted by atomic mass is 10.0. The summed E-state index contributed by atoms with van der Waals surface area (Å²) in [5.74, 6) is -1.43. The summed E-state index contributed by atoms with van der Waals surface area (Å²) in [6.07, 6.45) is 0.181. The van der Waals surface area contributed by atoms with Crippen LogP contribution in [0.15, 0.2) is 108 Å². The third kappa shape index (κ3) is 8.24. The zero-order chi connectivity index (χ0) is 31.9. The molecule has 0 aromatic heterocycles. The van der Waals surface area contributed by atoms with Gasteiger partial charge in [0.15, 0.2) is 0 Å². The summed E-state index contributed by atoms with van der Waals surface area (Å²) in [5.41, 5.74) is 2.36. The van der Waals surface area contributed by atoms with Crippen molar-refractivity contribution in [2.24, 2.45) is 0 Å². The minimum absolute atomic E-state index is 0.0403. The van der Waals surface area contributed by atoms with Gasteiger partial charge in [-0.2, -0.15) is 0 Å². The third-order valence-electron chi connectivity index (χ3n) is 7.03. The number of nitrogens with zero attached hydrogens (tertiary/aromatic N) is 2. The van der Waals surface area contributed by atoms with Crippen molar-refractivity contribution in [3.8, 4) is 0 Å². The van der Waals surface area contributed by atoms with Gasteiger partial charge in [0.1, 0.15) is 18.4 Å². The van der Waals surface area contributed by atoms with Crippen LogP contribution in [-0.4, -0.2) is 43.8 Å². The fourth-order valence-electron chi connectivity index (χ4n) is 4.81. The van der Waals surface area contributed by atoms with Crippen LogP contribution in [0.3, 0.4) is 0 Å². The van der Waals surface area contributed by atoms with Crippen LogP contribution in [0, 0.1) is 12.7 Å². The monoisotopic (exact) mass is 635 g/mol. The molecule has 7 nitrogen and oxygen atoms in total. The van der Waals surface area contributed by atoms with Crippen molar-refractivity contribution >= 4 is 39.1 Å². The summed E-state index contributed by atoms with van der Waals surface area (Å²) in [6, 6.07) is 26.3. The smallest absolute Gasteiger partial charge is 0.264 e. The number of carbonyl (C=O) groups excluding carboxylic acids is 2. The van der Waals surface area contributed by atoms with Gasteiger partial charge in [-0.1, -0.05) is 72.3 Å². The number of hydrogen-bond acceptors (Lipinski definition) is 4. The van der Waals surface area contributed by atoms with E-state index in [0.29, 0.717) is 21.8 Å². The SMILES string of the molecule is Cc1ccccc1N(CC(=O)N(Cc1ccc(F)cc1)C(Cc1ccccc1)C(=O)NC(C)C)S(=O)(=O)c1ccc(Cl)cc1. The van der Waals surface area contributed by atoms with Crippen molar-refractivity contribution in [2.45, 2.75) is 50.7 Å². The summed E-state index contributed by atoms with van der Waals surface area (Å²) in [6.45, 7) is 4.77. The van der Waals surface area contributed by atoms with E-state index in [4.69, 9.17) is 11.6 Å². The fraction of sp³-hybridized carbons (Fsp3) is 0.235. The molecule has 0 radical (unpaired) electrons. The molecule has 1 unspecified atom stereocenters. The van der Waals surface area contributed by atoms with Crippen LogP contribution in [0.4, 0.5) is 10.1 Å². The van der Waals surface area contributed by atoms with Crippen molar-refractivity contribution < 1.29 is 22.4 Å². The molecule has 0 saturated heterocycles. The molecule has 10 heteroatoms. The predicted molar refractivity (Wildman–Crippen MR) is 171 cm³/mol. The Hall–Kier alpha value is -4.21. The average Bonchev–Trinajstić information content (AvgIpc) is 2.99. The van der Waals surface area contributed by atoms with Crippen molar-refractivity contribution in [2.75, 3.05) is 10.8 Å². The maximum absolute atomic E-state index is 14.4. The minimum atomic E-state index is -4.25. The largest absolute Gasteiger partial charge is 0.352 e. The van der Waals surface area contributed by atoms with Crippen LogP contribution in [0.1, 0.15) is 30.5 Å². The van der Waals surface area contributed by atoms with E-state index in [9.17, 15) is 22.4 Å². The summed E-state index contributed by atoms with van der Waals surface area (Å²) >= 11 is 6.03. The molecular weight excluding hydrogens is 601 g/mol. The zero-order valence-electron chi connectivity index (χ0n) is 24.8. The molecule has 0 bridgehead atoms. The van der Waals surface area contributed by atoms with E-state index in [1.54, 1.807) is 43.3 Å². The van der Waals surface area contributed by atoms with Crippen molar-refractivity contribution in [3.05, 3.63) is 131 Å². The molecule has 230 valence electrons. The highest BCUT2D eigenvalue weighted by Crippen LogP contribution is 2.28. The summed E-state index contributed by atoms with van der Waals surface area (Å²) in [4.78, 5) is 29.4. The first-order valence-corrected chi connectivity index (χ1v) is 16.0. The van der Waals surface area contributed by atoms with E-state index in [2.05, 4.69) is 5.32 Å². The van der Waals surface area contributed by atoms with E-state index < -0.39 is 34.3 Å². The average molecular weight is 636 g/mol. The number of nitrogens with one attached hydrogen (secondary N) is 1. The van der Waals surface area contributed by atoms with Gasteiger partial charge in [0.05, 0.1) is 10.6 Å². The lowest BCUT2D eigenvalue weighted by molar-refractivity contribution is -0.140. The molecule has 0 saturated carbocycles. The molecule has 1 N–H and O–H groups in total. The Bertz CT molecular complexity index is 1680. The Kier molecular flexibility index (Phi) is 10.8. The van der Waals surface area contributed by atoms with Crippen molar-refractivity contribution in [1.82, 2.24) is 10.2 Å². The van der Waals surface area contributed by atoms with Gasteiger partial charge in [0.2, 0.25) is 11.8 Å². The van der Waals surface area contributed by atoms with Crippen LogP contribution < -0.4 is 9.62 Å². The van der Waals surface area contributed by atoms with Gasteiger partial charge >= 0.3 is 0 Å². The second-order valence-electron chi connectivity index (χ2n) is 10.8. The van der Waals surface area contributed by atoms with Crippen LogP contribution in [0.25, 0.3) is 0 Å². The molecule has 4 aromatic carbocycles. The highest BCUT2D eigenvalue weighted by atomic mass is 35.5. The van der Waals surface area contributed by atoms with Crippen LogP contribution in [0.2, 0.25) is 5.02 Å². The first-order chi connectivity index (χ1) is 21.0. The molecule has 0 heterocycles. The van der Waals surface area contributed by atoms with E-state index in [1.807, 2.05) is 44.2 Å². The quantitative estimate of drug-likeness (QED) is 0.202. The van der Waals surface area contributed by atoms with Crippen molar-refractivity contribution in [1.29, 1.82) is 0 Å². The highest BCUT2D eigenvalue weighted by Gasteiger charge is 2.35. The Labute approximate surface area is 263 Å². The van der Waals surface area contributed by atoms with Gasteiger partial charge in [-0.05, 0) is 79.9 Å². The molecule has 44 heavy (non-hydrogen) atoms. The topological polar surface area (TPSA) is 86.8 Å². The lowest BCUT2D eigenvalue weighted by Gasteiger charge is -2.34. The Morgan fingerprint density at radius 3 is 2.07 bits per heavy atom. The van der Waals surface area contributed by atoms with Gasteiger partial charge in [-0.3, -0.25) is 13.9 Å². The normalized spacial score (nSPS) is 12.0. The fourth-order valence-corrected chi connectivity index (χ4v) is 6.42. The molecule has 4 aromatic rings. The minimum Gasteiger partial charge on any atom is -0.352 e. The van der Waals surface area contributed by atoms with Crippen molar-refractivity contribution in [3.63, 3.8) is 0 Å². The third-order valence-corrected chi connectivity index (χ3v) is 9.06. The number of sulfonamides is 1. The summed E-state index contributed by atoms with van der Waals surface area (Å²) < 4.78 is 43.0. The van der Waals surface area contributed by atoms with E-state index in [1.165, 1.54) is 41.3 Å². The van der Waals surface area contributed by atoms with E-state index in [-0.39, 0.29) is 29.8 Å². The predicted octanol–water partition coefficient (Wildman–Crippen LogP) is 6.15. The number of halogens is 2. The standard InChI is InChI=1S/C34H35ClFN3O4S/c1-24(2)37-34(41)32(21-26-10-5-4-6-11-26)38(22-27-13-17-29(36)18-14-27)33(40)23-39(31-12-8-7-9-25(31)3)44(42,43)30-19-15-28(35)16-20-30/h4-20,24,32H,21-23H2,1-3H3,(H,37,41). The zero-order valence-corrected chi connectivity index (χ0v) is 26.4. The highest BCUT2D eigenvalue weighted by molar-refractivity contribution is 7.92. The molecule has 4 rings (SSSR count). The molecule has 1 atom stereocenters. The second kappa shape index (κ2) is 14.5. The van der Waals surface area contributed by atoms with Gasteiger partial charge in [0, 0.05) is 24.0 Å². The van der Waals surface area contributed by atoms with Crippen LogP contribution in [-0.2, 0) is 32.6 Å². The van der Waals surface area contributed by atoms with E-state index >= 15 is 0 Å². The number of anilines is 1. The number of para-hydroxylation sites is 1. The Morgan fingerprint density at radius 2 is 1.45 bits per heavy atom. The summed E-state index contributed by atoms with van der Waals surface area (Å²) in [7, 11) is -4.25. The maximum Gasteiger partial charge on any atom is 0.264 e. The summed E-state index contributed by atoms with van der Waals surface area (Å²) in [5, 5.41) is 3.28. The number of amides is 2. The maximum atomic E-state index is 14.4. The molecule has 0 aliphatic heterocycles.